The Morgan fingerprint density at radius 2 is 2.00 bits per heavy atom. The Kier molecular flexibility index (Phi) is 6.53. The van der Waals surface area contributed by atoms with Crippen molar-refractivity contribution in [3.05, 3.63) is 35.9 Å². The number of rotatable bonds is 8. The minimum atomic E-state index is -0.817. The third kappa shape index (κ3) is 4.33. The molecule has 0 amide bonds. The van der Waals surface area contributed by atoms with Crippen LogP contribution in [0.5, 0.6) is 0 Å². The molecule has 1 rings (SSSR count). The van der Waals surface area contributed by atoms with Gasteiger partial charge in [0, 0.05) is 19.7 Å². The van der Waals surface area contributed by atoms with Crippen LogP contribution < -0.4 is 0 Å². The lowest BCUT2D eigenvalue weighted by Crippen LogP contribution is -2.42. The largest absolute Gasteiger partial charge is 0.480 e. The summed E-state index contributed by atoms with van der Waals surface area (Å²) < 4.78 is 5.10. The Bertz CT molecular complexity index is 380. The molecule has 0 bridgehead atoms. The summed E-state index contributed by atoms with van der Waals surface area (Å²) in [4.78, 5) is 13.6. The predicted molar refractivity (Wildman–Crippen MR) is 75.2 cm³/mol. The number of aliphatic carboxylic acids is 1. The highest BCUT2D eigenvalue weighted by Gasteiger charge is 2.29. The fraction of sp³-hybridized carbons (Fsp3) is 0.533. The molecule has 0 aliphatic carbocycles. The van der Waals surface area contributed by atoms with E-state index in [0.29, 0.717) is 13.2 Å². The van der Waals surface area contributed by atoms with Crippen molar-refractivity contribution in [3.8, 4) is 0 Å². The predicted octanol–water partition coefficient (Wildman–Crippen LogP) is 2.56. The number of benzene rings is 1. The normalized spacial score (nSPS) is 14.3. The van der Waals surface area contributed by atoms with E-state index in [2.05, 4.69) is 13.8 Å². The molecule has 0 saturated carbocycles. The first kappa shape index (κ1) is 15.7. The second-order valence-electron chi connectivity index (χ2n) is 4.64. The van der Waals surface area contributed by atoms with Gasteiger partial charge in [-0.15, -0.1) is 0 Å². The molecule has 106 valence electrons. The zero-order chi connectivity index (χ0) is 14.3. The van der Waals surface area contributed by atoms with E-state index in [1.165, 1.54) is 0 Å². The standard InChI is InChI=1S/C15H23NO3/c1-4-12(2)16(10-11-19-3)14(15(17)18)13-8-6-5-7-9-13/h5-9,12,14H,4,10-11H2,1-3H3,(H,17,18). The summed E-state index contributed by atoms with van der Waals surface area (Å²) in [5.41, 5.74) is 0.811. The first-order valence-corrected chi connectivity index (χ1v) is 6.64. The number of hydrogen-bond acceptors (Lipinski definition) is 3. The molecular weight excluding hydrogens is 242 g/mol. The molecule has 0 aromatic heterocycles. The smallest absolute Gasteiger partial charge is 0.325 e. The maximum atomic E-state index is 11.6. The van der Waals surface area contributed by atoms with Crippen LogP contribution >= 0.6 is 0 Å². The quantitative estimate of drug-likeness (QED) is 0.785. The van der Waals surface area contributed by atoms with Crippen molar-refractivity contribution in [2.45, 2.75) is 32.4 Å². The molecule has 1 N–H and O–H groups in total. The molecule has 0 saturated heterocycles. The molecule has 1 aromatic rings. The lowest BCUT2D eigenvalue weighted by molar-refractivity contribution is -0.145. The van der Waals surface area contributed by atoms with Crippen LogP contribution in [-0.2, 0) is 9.53 Å². The molecule has 0 fully saturated rings. The lowest BCUT2D eigenvalue weighted by Gasteiger charge is -2.33. The molecule has 0 radical (unpaired) electrons. The summed E-state index contributed by atoms with van der Waals surface area (Å²) >= 11 is 0. The Labute approximate surface area is 115 Å². The number of carboxylic acids is 1. The zero-order valence-corrected chi connectivity index (χ0v) is 11.9. The molecule has 2 unspecified atom stereocenters. The first-order chi connectivity index (χ1) is 9.11. The second-order valence-corrected chi connectivity index (χ2v) is 4.64. The van der Waals surface area contributed by atoms with Gasteiger partial charge in [0.25, 0.3) is 0 Å². The fourth-order valence-corrected chi connectivity index (χ4v) is 2.15. The first-order valence-electron chi connectivity index (χ1n) is 6.64. The van der Waals surface area contributed by atoms with Gasteiger partial charge in [0.05, 0.1) is 6.61 Å². The van der Waals surface area contributed by atoms with Crippen LogP contribution in [0.4, 0.5) is 0 Å². The number of nitrogens with zero attached hydrogens (tertiary/aromatic N) is 1. The Hall–Kier alpha value is -1.39. The molecular formula is C15H23NO3. The molecule has 0 spiro atoms. The molecule has 4 nitrogen and oxygen atoms in total. The van der Waals surface area contributed by atoms with Crippen molar-refractivity contribution in [1.82, 2.24) is 4.90 Å². The Balaban J connectivity index is 3.01. The van der Waals surface area contributed by atoms with E-state index >= 15 is 0 Å². The number of methoxy groups -OCH3 is 1. The molecule has 19 heavy (non-hydrogen) atoms. The monoisotopic (exact) mass is 265 g/mol. The van der Waals surface area contributed by atoms with Crippen molar-refractivity contribution in [1.29, 1.82) is 0 Å². The van der Waals surface area contributed by atoms with Crippen LogP contribution in [0, 0.1) is 0 Å². The van der Waals surface area contributed by atoms with Crippen molar-refractivity contribution >= 4 is 5.97 Å². The van der Waals surface area contributed by atoms with Crippen molar-refractivity contribution < 1.29 is 14.6 Å². The average molecular weight is 265 g/mol. The van der Waals surface area contributed by atoms with Gasteiger partial charge < -0.3 is 9.84 Å². The molecule has 0 heterocycles. The van der Waals surface area contributed by atoms with Crippen LogP contribution in [0.15, 0.2) is 30.3 Å². The lowest BCUT2D eigenvalue weighted by atomic mass is 10.0. The van der Waals surface area contributed by atoms with Gasteiger partial charge in [0.15, 0.2) is 0 Å². The second kappa shape index (κ2) is 7.92. The molecule has 2 atom stereocenters. The number of hydrogen-bond donors (Lipinski definition) is 1. The van der Waals surface area contributed by atoms with Gasteiger partial charge >= 0.3 is 5.97 Å². The van der Waals surface area contributed by atoms with E-state index in [1.807, 2.05) is 35.2 Å². The number of carboxylic acid groups (broad SMARTS) is 1. The van der Waals surface area contributed by atoms with Gasteiger partial charge in [0.2, 0.25) is 0 Å². The summed E-state index contributed by atoms with van der Waals surface area (Å²) in [6.45, 7) is 5.25. The van der Waals surface area contributed by atoms with Gasteiger partial charge in [-0.05, 0) is 18.9 Å². The van der Waals surface area contributed by atoms with E-state index in [9.17, 15) is 9.90 Å². The summed E-state index contributed by atoms with van der Waals surface area (Å²) in [5.74, 6) is -0.817. The van der Waals surface area contributed by atoms with Gasteiger partial charge in [-0.1, -0.05) is 37.3 Å². The highest BCUT2D eigenvalue weighted by atomic mass is 16.5. The highest BCUT2D eigenvalue weighted by Crippen LogP contribution is 2.24. The number of carbonyl (C=O) groups is 1. The van der Waals surface area contributed by atoms with Crippen molar-refractivity contribution in [2.24, 2.45) is 0 Å². The van der Waals surface area contributed by atoms with Crippen LogP contribution in [0.3, 0.4) is 0 Å². The fourth-order valence-electron chi connectivity index (χ4n) is 2.15. The third-order valence-electron chi connectivity index (χ3n) is 3.39. The summed E-state index contributed by atoms with van der Waals surface area (Å²) in [6, 6.07) is 8.93. The van der Waals surface area contributed by atoms with Gasteiger partial charge in [0.1, 0.15) is 6.04 Å². The van der Waals surface area contributed by atoms with E-state index in [0.717, 1.165) is 12.0 Å². The van der Waals surface area contributed by atoms with Crippen molar-refractivity contribution in [3.63, 3.8) is 0 Å². The summed E-state index contributed by atoms with van der Waals surface area (Å²) in [7, 11) is 1.63. The van der Waals surface area contributed by atoms with E-state index in [4.69, 9.17) is 4.74 Å². The van der Waals surface area contributed by atoms with Gasteiger partial charge in [-0.3, -0.25) is 9.69 Å². The van der Waals surface area contributed by atoms with E-state index < -0.39 is 12.0 Å². The third-order valence-corrected chi connectivity index (χ3v) is 3.39. The highest BCUT2D eigenvalue weighted by molar-refractivity contribution is 5.75. The average Bonchev–Trinajstić information content (AvgIpc) is 2.43. The molecule has 1 aromatic carbocycles. The maximum Gasteiger partial charge on any atom is 0.325 e. The van der Waals surface area contributed by atoms with Crippen molar-refractivity contribution in [2.75, 3.05) is 20.3 Å². The van der Waals surface area contributed by atoms with E-state index in [1.54, 1.807) is 7.11 Å². The SMILES string of the molecule is CCC(C)N(CCOC)C(C(=O)O)c1ccccc1. The van der Waals surface area contributed by atoms with Crippen LogP contribution in [0.25, 0.3) is 0 Å². The minimum Gasteiger partial charge on any atom is -0.480 e. The topological polar surface area (TPSA) is 49.8 Å². The van der Waals surface area contributed by atoms with Gasteiger partial charge in [-0.25, -0.2) is 0 Å². The molecule has 4 heteroatoms. The van der Waals surface area contributed by atoms with E-state index in [-0.39, 0.29) is 6.04 Å². The zero-order valence-electron chi connectivity index (χ0n) is 11.9. The number of ether oxygens (including phenoxy) is 1. The molecule has 0 aliphatic rings. The minimum absolute atomic E-state index is 0.191. The summed E-state index contributed by atoms with van der Waals surface area (Å²) in [6.07, 6.45) is 0.903. The maximum absolute atomic E-state index is 11.6. The van der Waals surface area contributed by atoms with Crippen LogP contribution in [-0.4, -0.2) is 42.3 Å². The summed E-state index contributed by atoms with van der Waals surface area (Å²) in [5, 5.41) is 9.56. The van der Waals surface area contributed by atoms with Crippen LogP contribution in [0.1, 0.15) is 31.9 Å². The van der Waals surface area contributed by atoms with Crippen LogP contribution in [0.2, 0.25) is 0 Å². The van der Waals surface area contributed by atoms with Gasteiger partial charge in [-0.2, -0.15) is 0 Å². The molecule has 0 aliphatic heterocycles. The Morgan fingerprint density at radius 3 is 2.47 bits per heavy atom. The Morgan fingerprint density at radius 1 is 1.37 bits per heavy atom.